The number of aromatic nitrogens is 5. The molecule has 0 saturated carbocycles. The van der Waals surface area contributed by atoms with E-state index in [4.69, 9.17) is 9.47 Å². The quantitative estimate of drug-likeness (QED) is 0.537. The van der Waals surface area contributed by atoms with Gasteiger partial charge in [0.05, 0.1) is 24.7 Å². The van der Waals surface area contributed by atoms with E-state index in [1.54, 1.807) is 18.6 Å². The van der Waals surface area contributed by atoms with E-state index in [-0.39, 0.29) is 11.7 Å². The van der Waals surface area contributed by atoms with E-state index in [1.807, 2.05) is 28.3 Å². The van der Waals surface area contributed by atoms with Crippen molar-refractivity contribution < 1.29 is 13.9 Å². The second kappa shape index (κ2) is 5.94. The fraction of sp³-hybridized carbons (Fsp3) is 0.250. The Kier molecular flexibility index (Phi) is 3.35. The van der Waals surface area contributed by atoms with Gasteiger partial charge in [-0.2, -0.15) is 0 Å². The first-order chi connectivity index (χ1) is 14.2. The number of fused-ring (bicyclic) bond motifs is 3. The minimum absolute atomic E-state index is 0.0309. The second-order valence-electron chi connectivity index (χ2n) is 7.27. The fourth-order valence-corrected chi connectivity index (χ4v) is 4.17. The predicted octanol–water partition coefficient (Wildman–Crippen LogP) is 2.75. The number of rotatable bonds is 1. The van der Waals surface area contributed by atoms with Crippen LogP contribution < -0.4 is 14.8 Å². The Morgan fingerprint density at radius 2 is 2.07 bits per heavy atom. The summed E-state index contributed by atoms with van der Waals surface area (Å²) in [4.78, 5) is 4.44. The van der Waals surface area contributed by atoms with E-state index in [0.717, 1.165) is 22.7 Å². The highest BCUT2D eigenvalue weighted by Crippen LogP contribution is 2.41. The third-order valence-corrected chi connectivity index (χ3v) is 5.58. The van der Waals surface area contributed by atoms with Crippen LogP contribution >= 0.6 is 0 Å². The molecule has 0 aliphatic carbocycles. The van der Waals surface area contributed by atoms with Crippen molar-refractivity contribution in [3.63, 3.8) is 0 Å². The summed E-state index contributed by atoms with van der Waals surface area (Å²) >= 11 is 0. The van der Waals surface area contributed by atoms with Crippen LogP contribution in [0.15, 0.2) is 36.9 Å². The number of ether oxygens (including phenoxy) is 2. The van der Waals surface area contributed by atoms with Crippen LogP contribution in [0.2, 0.25) is 0 Å². The maximum atomic E-state index is 14.6. The summed E-state index contributed by atoms with van der Waals surface area (Å²) < 4.78 is 30.4. The van der Waals surface area contributed by atoms with Crippen LogP contribution in [0, 0.1) is 5.82 Å². The van der Waals surface area contributed by atoms with Crippen LogP contribution in [0.4, 0.5) is 10.2 Å². The van der Waals surface area contributed by atoms with Crippen molar-refractivity contribution in [3.8, 4) is 22.9 Å². The summed E-state index contributed by atoms with van der Waals surface area (Å²) in [7, 11) is 1.92. The van der Waals surface area contributed by atoms with Gasteiger partial charge in [-0.25, -0.2) is 9.37 Å². The molecule has 2 aliphatic rings. The molecule has 9 heteroatoms. The van der Waals surface area contributed by atoms with Gasteiger partial charge in [0.2, 0.25) is 0 Å². The number of nitrogens with one attached hydrogen (secondary N) is 1. The first kappa shape index (κ1) is 16.3. The van der Waals surface area contributed by atoms with Gasteiger partial charge in [-0.3, -0.25) is 4.40 Å². The molecular formula is C20H17FN6O2. The topological polar surface area (TPSA) is 78.5 Å². The van der Waals surface area contributed by atoms with Crippen molar-refractivity contribution in [2.75, 3.05) is 18.5 Å². The summed E-state index contributed by atoms with van der Waals surface area (Å²) in [5, 5.41) is 11.7. The Balaban J connectivity index is 1.54. The van der Waals surface area contributed by atoms with Crippen LogP contribution in [-0.4, -0.2) is 37.4 Å². The van der Waals surface area contributed by atoms with E-state index in [1.165, 1.54) is 6.07 Å². The molecule has 1 atom stereocenters. The maximum absolute atomic E-state index is 14.6. The average Bonchev–Trinajstić information content (AvgIpc) is 3.45. The van der Waals surface area contributed by atoms with Gasteiger partial charge in [-0.15, -0.1) is 10.2 Å². The highest BCUT2D eigenvalue weighted by molar-refractivity contribution is 5.78. The Morgan fingerprint density at radius 3 is 2.90 bits per heavy atom. The van der Waals surface area contributed by atoms with E-state index in [9.17, 15) is 4.39 Å². The van der Waals surface area contributed by atoms with E-state index in [0.29, 0.717) is 42.5 Å². The third kappa shape index (κ3) is 2.33. The molecule has 1 aromatic carbocycles. The number of benzene rings is 1. The minimum Gasteiger partial charge on any atom is -0.493 e. The number of aryl methyl sites for hydroxylation is 1. The molecule has 0 radical (unpaired) electrons. The molecule has 146 valence electrons. The molecule has 0 fully saturated rings. The van der Waals surface area contributed by atoms with E-state index < -0.39 is 0 Å². The van der Waals surface area contributed by atoms with Gasteiger partial charge < -0.3 is 19.4 Å². The van der Waals surface area contributed by atoms with Crippen LogP contribution in [0.1, 0.15) is 17.0 Å². The van der Waals surface area contributed by atoms with Gasteiger partial charge in [0.15, 0.2) is 17.2 Å². The summed E-state index contributed by atoms with van der Waals surface area (Å²) in [6, 6.07) is 5.06. The number of halogens is 1. The van der Waals surface area contributed by atoms with Gasteiger partial charge in [-0.05, 0) is 18.2 Å². The van der Waals surface area contributed by atoms with Crippen LogP contribution in [0.5, 0.6) is 11.5 Å². The Hall–Kier alpha value is -3.62. The summed E-state index contributed by atoms with van der Waals surface area (Å²) in [6.07, 6.45) is 5.23. The highest BCUT2D eigenvalue weighted by atomic mass is 19.1. The van der Waals surface area contributed by atoms with Gasteiger partial charge >= 0.3 is 0 Å². The average molecular weight is 392 g/mol. The van der Waals surface area contributed by atoms with Crippen molar-refractivity contribution in [1.29, 1.82) is 0 Å². The number of pyridine rings is 1. The first-order valence-corrected chi connectivity index (χ1v) is 9.36. The first-order valence-electron chi connectivity index (χ1n) is 9.36. The Labute approximate surface area is 164 Å². The Bertz CT molecular complexity index is 1260. The lowest BCUT2D eigenvalue weighted by Crippen LogP contribution is -2.13. The van der Waals surface area contributed by atoms with E-state index in [2.05, 4.69) is 20.5 Å². The minimum atomic E-state index is -0.250. The van der Waals surface area contributed by atoms with E-state index >= 15 is 0 Å². The molecule has 3 aromatic heterocycles. The molecule has 0 bridgehead atoms. The van der Waals surface area contributed by atoms with Crippen molar-refractivity contribution >= 4 is 11.5 Å². The normalized spacial score (nSPS) is 17.4. The maximum Gasteiger partial charge on any atom is 0.173 e. The molecule has 5 heterocycles. The van der Waals surface area contributed by atoms with Crippen molar-refractivity contribution in [2.45, 2.75) is 12.5 Å². The van der Waals surface area contributed by atoms with Gasteiger partial charge in [0, 0.05) is 37.1 Å². The van der Waals surface area contributed by atoms with Gasteiger partial charge in [0.1, 0.15) is 23.7 Å². The molecule has 0 unspecified atom stereocenters. The molecule has 29 heavy (non-hydrogen) atoms. The standard InChI is InChI=1S/C20H17FN6O2/c1-26-5-4-22-18(26)12-6-16-20(27-10-24-25-19(12)27)23-7-13-14(21)2-3-15-17(13)11(8-28-15)9-29-16/h2-6,10-11,23H,7-9H2,1H3/t11-/m1/s1. The van der Waals surface area contributed by atoms with Crippen molar-refractivity contribution in [2.24, 2.45) is 7.05 Å². The smallest absolute Gasteiger partial charge is 0.173 e. The zero-order valence-corrected chi connectivity index (χ0v) is 15.6. The lowest BCUT2D eigenvalue weighted by molar-refractivity contribution is 0.249. The number of hydrogen-bond donors (Lipinski definition) is 1. The summed E-state index contributed by atoms with van der Waals surface area (Å²) in [5.41, 5.74) is 2.95. The molecule has 6 rings (SSSR count). The molecule has 0 amide bonds. The Morgan fingerprint density at radius 1 is 1.21 bits per heavy atom. The van der Waals surface area contributed by atoms with Crippen LogP contribution in [-0.2, 0) is 13.6 Å². The molecular weight excluding hydrogens is 375 g/mol. The highest BCUT2D eigenvalue weighted by Gasteiger charge is 2.31. The molecule has 0 saturated heterocycles. The van der Waals surface area contributed by atoms with Crippen molar-refractivity contribution in [1.82, 2.24) is 24.1 Å². The monoisotopic (exact) mass is 392 g/mol. The SMILES string of the molecule is Cn1ccnc1-c1cc2c(n3cnnc13)NCc1c(F)ccc3c1[C@H](CO3)CO2. The number of nitrogens with zero attached hydrogens (tertiary/aromatic N) is 5. The van der Waals surface area contributed by atoms with Crippen LogP contribution in [0.3, 0.4) is 0 Å². The van der Waals surface area contributed by atoms with Crippen molar-refractivity contribution in [3.05, 3.63) is 53.9 Å². The summed E-state index contributed by atoms with van der Waals surface area (Å²) in [5.74, 6) is 2.52. The summed E-state index contributed by atoms with van der Waals surface area (Å²) in [6.45, 7) is 1.16. The molecule has 1 N–H and O–H groups in total. The molecule has 0 spiro atoms. The number of imidazole rings is 1. The lowest BCUT2D eigenvalue weighted by Gasteiger charge is -2.16. The largest absolute Gasteiger partial charge is 0.493 e. The second-order valence-corrected chi connectivity index (χ2v) is 7.27. The zero-order chi connectivity index (χ0) is 19.5. The number of hydrogen-bond acceptors (Lipinski definition) is 6. The van der Waals surface area contributed by atoms with Crippen LogP contribution in [0.25, 0.3) is 17.0 Å². The third-order valence-electron chi connectivity index (χ3n) is 5.58. The van der Waals surface area contributed by atoms with Gasteiger partial charge in [-0.1, -0.05) is 0 Å². The molecule has 4 aromatic rings. The fourth-order valence-electron chi connectivity index (χ4n) is 4.17. The molecule has 2 aliphatic heterocycles. The number of anilines is 1. The van der Waals surface area contributed by atoms with Gasteiger partial charge in [0.25, 0.3) is 0 Å². The predicted molar refractivity (Wildman–Crippen MR) is 103 cm³/mol. The zero-order valence-electron chi connectivity index (χ0n) is 15.6. The molecule has 8 nitrogen and oxygen atoms in total. The lowest BCUT2D eigenvalue weighted by atomic mass is 9.96.